The molecule has 0 spiro atoms. The van der Waals surface area contributed by atoms with Crippen molar-refractivity contribution in [3.05, 3.63) is 35.2 Å². The quantitative estimate of drug-likeness (QED) is 0.452. The molecule has 3 aromatic rings. The van der Waals surface area contributed by atoms with Crippen LogP contribution in [0.15, 0.2) is 12.1 Å². The van der Waals surface area contributed by atoms with Crippen LogP contribution >= 0.6 is 0 Å². The van der Waals surface area contributed by atoms with Crippen molar-refractivity contribution in [2.45, 2.75) is 33.7 Å². The summed E-state index contributed by atoms with van der Waals surface area (Å²) in [6.45, 7) is 9.61. The van der Waals surface area contributed by atoms with Gasteiger partial charge in [-0.3, -0.25) is 0 Å². The standard InChI is InChI=1S/C21H27FN6O2/c1-12(2)11-24-4-5-28-17(25-18-19(23)26-21(22)27-20(18)28)10-14-9-16-15(8-13(14)3)29-6-7-30-16/h8-9,12,24H,4-7,10-11H2,1-3H3,(H2,23,26,27). The number of aryl methyl sites for hydroxylation is 1. The minimum atomic E-state index is -0.849. The van der Waals surface area contributed by atoms with Crippen LogP contribution in [0, 0.1) is 18.9 Å². The molecular formula is C21H27FN6O2. The van der Waals surface area contributed by atoms with Crippen LogP contribution < -0.4 is 20.5 Å². The first-order chi connectivity index (χ1) is 14.4. The Morgan fingerprint density at radius 3 is 2.63 bits per heavy atom. The summed E-state index contributed by atoms with van der Waals surface area (Å²) in [6, 6.07) is 3.97. The number of nitrogens with one attached hydrogen (secondary N) is 1. The third kappa shape index (κ3) is 4.16. The molecule has 9 heteroatoms. The van der Waals surface area contributed by atoms with Crippen molar-refractivity contribution >= 4 is 17.0 Å². The van der Waals surface area contributed by atoms with Gasteiger partial charge in [0, 0.05) is 19.5 Å². The van der Waals surface area contributed by atoms with Crippen LogP contribution in [0.4, 0.5) is 10.2 Å². The smallest absolute Gasteiger partial charge is 0.312 e. The van der Waals surface area contributed by atoms with Crippen molar-refractivity contribution < 1.29 is 13.9 Å². The molecule has 0 aliphatic carbocycles. The number of hydrogen-bond donors (Lipinski definition) is 2. The summed E-state index contributed by atoms with van der Waals surface area (Å²) in [5.41, 5.74) is 8.89. The Morgan fingerprint density at radius 1 is 1.17 bits per heavy atom. The van der Waals surface area contributed by atoms with Gasteiger partial charge in [0.05, 0.1) is 0 Å². The molecule has 1 aromatic carbocycles. The van der Waals surface area contributed by atoms with Gasteiger partial charge in [-0.05, 0) is 42.6 Å². The van der Waals surface area contributed by atoms with Crippen LogP contribution in [0.1, 0.15) is 30.8 Å². The molecule has 0 unspecified atom stereocenters. The Morgan fingerprint density at radius 2 is 1.90 bits per heavy atom. The van der Waals surface area contributed by atoms with Crippen molar-refractivity contribution in [1.82, 2.24) is 24.8 Å². The summed E-state index contributed by atoms with van der Waals surface area (Å²) in [5, 5.41) is 3.41. The first kappa shape index (κ1) is 20.3. The van der Waals surface area contributed by atoms with Gasteiger partial charge in [0.1, 0.15) is 19.0 Å². The van der Waals surface area contributed by atoms with Crippen LogP contribution in [-0.2, 0) is 13.0 Å². The minimum absolute atomic E-state index is 0.0477. The largest absolute Gasteiger partial charge is 0.486 e. The average molecular weight is 414 g/mol. The monoisotopic (exact) mass is 414 g/mol. The maximum absolute atomic E-state index is 13.9. The molecule has 0 saturated carbocycles. The molecule has 1 aliphatic rings. The van der Waals surface area contributed by atoms with Crippen LogP contribution in [0.5, 0.6) is 11.5 Å². The molecule has 0 amide bonds. The molecule has 0 saturated heterocycles. The average Bonchev–Trinajstić information content (AvgIpc) is 3.03. The number of fused-ring (bicyclic) bond motifs is 2. The molecule has 0 radical (unpaired) electrons. The highest BCUT2D eigenvalue weighted by Gasteiger charge is 2.20. The molecule has 0 atom stereocenters. The van der Waals surface area contributed by atoms with Crippen molar-refractivity contribution in [2.75, 3.05) is 32.0 Å². The number of ether oxygens (including phenoxy) is 2. The van der Waals surface area contributed by atoms with Crippen molar-refractivity contribution in [3.63, 3.8) is 0 Å². The first-order valence-corrected chi connectivity index (χ1v) is 10.2. The summed E-state index contributed by atoms with van der Waals surface area (Å²) < 4.78 is 27.2. The van der Waals surface area contributed by atoms with Gasteiger partial charge in [-0.25, -0.2) is 4.98 Å². The fourth-order valence-electron chi connectivity index (χ4n) is 3.58. The second-order valence-electron chi connectivity index (χ2n) is 7.93. The Labute approximate surface area is 174 Å². The zero-order chi connectivity index (χ0) is 21.3. The number of nitrogens with two attached hydrogens (primary N) is 1. The number of benzene rings is 1. The number of halogens is 1. The van der Waals surface area contributed by atoms with E-state index in [9.17, 15) is 4.39 Å². The summed E-state index contributed by atoms with van der Waals surface area (Å²) in [5.74, 6) is 2.83. The predicted octanol–water partition coefficient (Wildman–Crippen LogP) is 2.46. The second kappa shape index (κ2) is 8.43. The molecule has 160 valence electrons. The van der Waals surface area contributed by atoms with E-state index in [4.69, 9.17) is 15.2 Å². The van der Waals surface area contributed by atoms with Gasteiger partial charge in [0.25, 0.3) is 0 Å². The molecule has 1 aliphatic heterocycles. The Hall–Kier alpha value is -2.94. The van der Waals surface area contributed by atoms with Crippen LogP contribution in [0.3, 0.4) is 0 Å². The van der Waals surface area contributed by atoms with E-state index in [1.165, 1.54) is 0 Å². The molecule has 3 heterocycles. The third-order valence-electron chi connectivity index (χ3n) is 5.09. The SMILES string of the molecule is Cc1cc2c(cc1Cc1nc3c(N)nc(F)nc3n1CCNCC(C)C)OCCO2. The highest BCUT2D eigenvalue weighted by molar-refractivity contribution is 5.82. The maximum atomic E-state index is 13.9. The van der Waals surface area contributed by atoms with E-state index in [0.717, 1.165) is 35.0 Å². The van der Waals surface area contributed by atoms with E-state index in [2.05, 4.69) is 34.1 Å². The second-order valence-corrected chi connectivity index (χ2v) is 7.93. The zero-order valence-corrected chi connectivity index (χ0v) is 17.5. The minimum Gasteiger partial charge on any atom is -0.486 e. The molecule has 30 heavy (non-hydrogen) atoms. The van der Waals surface area contributed by atoms with E-state index < -0.39 is 6.08 Å². The van der Waals surface area contributed by atoms with Gasteiger partial charge in [-0.1, -0.05) is 13.8 Å². The van der Waals surface area contributed by atoms with E-state index >= 15 is 0 Å². The highest BCUT2D eigenvalue weighted by Crippen LogP contribution is 2.34. The summed E-state index contributed by atoms with van der Waals surface area (Å²) >= 11 is 0. The van der Waals surface area contributed by atoms with Crippen molar-refractivity contribution in [3.8, 4) is 11.5 Å². The van der Waals surface area contributed by atoms with Crippen LogP contribution in [-0.4, -0.2) is 45.8 Å². The van der Waals surface area contributed by atoms with E-state index in [1.807, 2.05) is 23.6 Å². The number of anilines is 1. The molecule has 8 nitrogen and oxygen atoms in total. The number of rotatable bonds is 7. The lowest BCUT2D eigenvalue weighted by Gasteiger charge is -2.20. The van der Waals surface area contributed by atoms with Gasteiger partial charge >= 0.3 is 6.08 Å². The van der Waals surface area contributed by atoms with Crippen LogP contribution in [0.25, 0.3) is 11.2 Å². The van der Waals surface area contributed by atoms with E-state index in [0.29, 0.717) is 49.8 Å². The molecule has 0 bridgehead atoms. The van der Waals surface area contributed by atoms with Gasteiger partial charge in [-0.15, -0.1) is 0 Å². The lowest BCUT2D eigenvalue weighted by molar-refractivity contribution is 0.171. The first-order valence-electron chi connectivity index (χ1n) is 10.2. The number of imidazole rings is 1. The summed E-state index contributed by atoms with van der Waals surface area (Å²) in [4.78, 5) is 12.3. The normalized spacial score (nSPS) is 13.4. The summed E-state index contributed by atoms with van der Waals surface area (Å²) in [6.07, 6.45) is -0.317. The maximum Gasteiger partial charge on any atom is 0.312 e. The summed E-state index contributed by atoms with van der Waals surface area (Å²) in [7, 11) is 0. The lowest BCUT2D eigenvalue weighted by Crippen LogP contribution is -2.25. The number of nitrogen functional groups attached to an aromatic ring is 1. The number of nitrogens with zero attached hydrogens (tertiary/aromatic N) is 4. The molecule has 2 aromatic heterocycles. The molecule has 3 N–H and O–H groups in total. The number of hydrogen-bond acceptors (Lipinski definition) is 7. The van der Waals surface area contributed by atoms with Crippen molar-refractivity contribution in [1.29, 1.82) is 0 Å². The lowest BCUT2D eigenvalue weighted by atomic mass is 10.0. The Balaban J connectivity index is 1.69. The van der Waals surface area contributed by atoms with Gasteiger partial charge in [0.2, 0.25) is 0 Å². The Kier molecular flexibility index (Phi) is 5.72. The van der Waals surface area contributed by atoms with Crippen LogP contribution in [0.2, 0.25) is 0 Å². The highest BCUT2D eigenvalue weighted by atomic mass is 19.1. The van der Waals surface area contributed by atoms with Crippen molar-refractivity contribution in [2.24, 2.45) is 5.92 Å². The molecule has 0 fully saturated rings. The fourth-order valence-corrected chi connectivity index (χ4v) is 3.58. The topological polar surface area (TPSA) is 100 Å². The molecular weight excluding hydrogens is 387 g/mol. The van der Waals surface area contributed by atoms with Gasteiger partial charge in [-0.2, -0.15) is 14.4 Å². The fraction of sp³-hybridized carbons (Fsp3) is 0.476. The van der Waals surface area contributed by atoms with E-state index in [-0.39, 0.29) is 5.82 Å². The predicted molar refractivity (Wildman–Crippen MR) is 112 cm³/mol. The van der Waals surface area contributed by atoms with Gasteiger partial charge in [0.15, 0.2) is 28.5 Å². The third-order valence-corrected chi connectivity index (χ3v) is 5.09. The van der Waals surface area contributed by atoms with Gasteiger partial charge < -0.3 is 25.1 Å². The zero-order valence-electron chi connectivity index (χ0n) is 17.5. The number of aromatic nitrogens is 4. The van der Waals surface area contributed by atoms with E-state index in [1.54, 1.807) is 0 Å². The molecule has 4 rings (SSSR count). The Bertz CT molecular complexity index is 1070.